The summed E-state index contributed by atoms with van der Waals surface area (Å²) in [7, 11) is 1.71. The lowest BCUT2D eigenvalue weighted by Crippen LogP contribution is -2.56. The number of carboxylic acid groups (broad SMARTS) is 1. The van der Waals surface area contributed by atoms with Gasteiger partial charge in [-0.2, -0.15) is 0 Å². The molecule has 6 nitrogen and oxygen atoms in total. The molecule has 1 rings (SSSR count). The normalized spacial score (nSPS) is 18.8. The first-order chi connectivity index (χ1) is 9.91. The molecular formula is C15H28N2O4. The van der Waals surface area contributed by atoms with Crippen LogP contribution in [0.15, 0.2) is 0 Å². The Morgan fingerprint density at radius 1 is 1.33 bits per heavy atom. The monoisotopic (exact) mass is 300 g/mol. The fourth-order valence-electron chi connectivity index (χ4n) is 2.98. The molecule has 21 heavy (non-hydrogen) atoms. The van der Waals surface area contributed by atoms with Crippen LogP contribution in [0.5, 0.6) is 0 Å². The fraction of sp³-hybridized carbons (Fsp3) is 0.867. The van der Waals surface area contributed by atoms with Gasteiger partial charge in [0.25, 0.3) is 0 Å². The van der Waals surface area contributed by atoms with Gasteiger partial charge < -0.3 is 20.1 Å². The quantitative estimate of drug-likeness (QED) is 0.755. The lowest BCUT2D eigenvalue weighted by atomic mass is 9.78. The number of aliphatic carboxylic acids is 1. The van der Waals surface area contributed by atoms with Crippen LogP contribution in [-0.4, -0.2) is 53.8 Å². The van der Waals surface area contributed by atoms with Gasteiger partial charge in [-0.3, -0.25) is 4.79 Å². The number of amides is 2. The van der Waals surface area contributed by atoms with E-state index < -0.39 is 11.5 Å². The summed E-state index contributed by atoms with van der Waals surface area (Å²) >= 11 is 0. The molecule has 0 aliphatic heterocycles. The first-order valence-electron chi connectivity index (χ1n) is 7.75. The van der Waals surface area contributed by atoms with Crippen LogP contribution < -0.4 is 5.32 Å². The maximum atomic E-state index is 12.4. The van der Waals surface area contributed by atoms with E-state index in [-0.39, 0.29) is 18.5 Å². The Balaban J connectivity index is 2.68. The molecule has 0 aromatic rings. The molecule has 1 saturated carbocycles. The lowest BCUT2D eigenvalue weighted by molar-refractivity contribution is -0.140. The standard InChI is InChI=1S/C15H28N2O4/c1-4-21-11-12(2)16-14(20)17(3)15(10-13(18)19)8-6-5-7-9-15/h12H,4-11H2,1-3H3,(H,16,20)(H,18,19). The Labute approximate surface area is 126 Å². The third-order valence-electron chi connectivity index (χ3n) is 4.22. The zero-order valence-corrected chi connectivity index (χ0v) is 13.4. The van der Waals surface area contributed by atoms with Gasteiger partial charge >= 0.3 is 12.0 Å². The van der Waals surface area contributed by atoms with E-state index in [1.165, 1.54) is 0 Å². The summed E-state index contributed by atoms with van der Waals surface area (Å²) in [6.07, 6.45) is 4.57. The smallest absolute Gasteiger partial charge is 0.317 e. The van der Waals surface area contributed by atoms with Crippen molar-refractivity contribution in [3.63, 3.8) is 0 Å². The molecule has 0 saturated heterocycles. The minimum Gasteiger partial charge on any atom is -0.481 e. The molecule has 0 heterocycles. The summed E-state index contributed by atoms with van der Waals surface area (Å²) in [5.74, 6) is -0.848. The predicted molar refractivity (Wildman–Crippen MR) is 80.3 cm³/mol. The number of hydrogen-bond donors (Lipinski definition) is 2. The van der Waals surface area contributed by atoms with Gasteiger partial charge in [0.15, 0.2) is 0 Å². The van der Waals surface area contributed by atoms with Crippen LogP contribution in [0, 0.1) is 0 Å². The van der Waals surface area contributed by atoms with Crippen molar-refractivity contribution in [3.8, 4) is 0 Å². The highest BCUT2D eigenvalue weighted by molar-refractivity contribution is 5.77. The van der Waals surface area contributed by atoms with Gasteiger partial charge in [-0.1, -0.05) is 19.3 Å². The number of carbonyl (C=O) groups is 2. The summed E-state index contributed by atoms with van der Waals surface area (Å²) in [6.45, 7) is 4.86. The van der Waals surface area contributed by atoms with Gasteiger partial charge in [0.05, 0.1) is 24.6 Å². The van der Waals surface area contributed by atoms with Crippen LogP contribution >= 0.6 is 0 Å². The van der Waals surface area contributed by atoms with Gasteiger partial charge in [-0.15, -0.1) is 0 Å². The molecule has 0 aromatic heterocycles. The van der Waals surface area contributed by atoms with Crippen LogP contribution in [0.1, 0.15) is 52.4 Å². The van der Waals surface area contributed by atoms with Gasteiger partial charge in [0.2, 0.25) is 0 Å². The molecular weight excluding hydrogens is 272 g/mol. The van der Waals surface area contributed by atoms with Crippen molar-refractivity contribution in [2.24, 2.45) is 0 Å². The zero-order chi connectivity index (χ0) is 15.9. The number of nitrogens with one attached hydrogen (secondary N) is 1. The molecule has 0 bridgehead atoms. The molecule has 0 spiro atoms. The summed E-state index contributed by atoms with van der Waals surface area (Å²) in [5, 5.41) is 12.1. The van der Waals surface area contributed by atoms with Crippen LogP contribution in [0.3, 0.4) is 0 Å². The summed E-state index contributed by atoms with van der Waals surface area (Å²) in [5.41, 5.74) is -0.556. The summed E-state index contributed by atoms with van der Waals surface area (Å²) < 4.78 is 5.28. The highest BCUT2D eigenvalue weighted by Gasteiger charge is 2.40. The maximum Gasteiger partial charge on any atom is 0.317 e. The van der Waals surface area contributed by atoms with Crippen LogP contribution in [0.25, 0.3) is 0 Å². The number of hydrogen-bond acceptors (Lipinski definition) is 3. The van der Waals surface area contributed by atoms with Crippen molar-refractivity contribution in [2.75, 3.05) is 20.3 Å². The van der Waals surface area contributed by atoms with Crippen molar-refractivity contribution in [3.05, 3.63) is 0 Å². The molecule has 0 radical (unpaired) electrons. The fourth-order valence-corrected chi connectivity index (χ4v) is 2.98. The Bertz CT molecular complexity index is 354. The molecule has 1 aliphatic rings. The Morgan fingerprint density at radius 2 is 1.95 bits per heavy atom. The van der Waals surface area contributed by atoms with E-state index in [4.69, 9.17) is 4.74 Å². The van der Waals surface area contributed by atoms with Crippen molar-refractivity contribution >= 4 is 12.0 Å². The van der Waals surface area contributed by atoms with E-state index in [0.717, 1.165) is 32.1 Å². The number of ether oxygens (including phenoxy) is 1. The lowest BCUT2D eigenvalue weighted by Gasteiger charge is -2.44. The van der Waals surface area contributed by atoms with Crippen LogP contribution in [-0.2, 0) is 9.53 Å². The molecule has 2 amide bonds. The number of nitrogens with zero attached hydrogens (tertiary/aromatic N) is 1. The predicted octanol–water partition coefficient (Wildman–Crippen LogP) is 2.23. The minimum atomic E-state index is -0.848. The average molecular weight is 300 g/mol. The third-order valence-corrected chi connectivity index (χ3v) is 4.22. The second kappa shape index (κ2) is 8.22. The molecule has 6 heteroatoms. The summed E-state index contributed by atoms with van der Waals surface area (Å²) in [4.78, 5) is 25.2. The molecule has 122 valence electrons. The van der Waals surface area contributed by atoms with Crippen molar-refractivity contribution < 1.29 is 19.4 Å². The zero-order valence-electron chi connectivity index (χ0n) is 13.4. The molecule has 2 N–H and O–H groups in total. The highest BCUT2D eigenvalue weighted by atomic mass is 16.5. The minimum absolute atomic E-state index is 0.0107. The van der Waals surface area contributed by atoms with E-state index in [1.807, 2.05) is 13.8 Å². The Kier molecular flexibility index (Phi) is 6.95. The molecule has 1 aliphatic carbocycles. The van der Waals surface area contributed by atoms with Crippen LogP contribution in [0.4, 0.5) is 4.79 Å². The molecule has 1 fully saturated rings. The van der Waals surface area contributed by atoms with Gasteiger partial charge in [0, 0.05) is 13.7 Å². The van der Waals surface area contributed by atoms with Gasteiger partial charge in [0.1, 0.15) is 0 Å². The second-order valence-electron chi connectivity index (χ2n) is 5.92. The number of carbonyl (C=O) groups excluding carboxylic acids is 1. The Morgan fingerprint density at radius 3 is 2.48 bits per heavy atom. The van der Waals surface area contributed by atoms with Crippen LogP contribution in [0.2, 0.25) is 0 Å². The Hall–Kier alpha value is -1.30. The average Bonchev–Trinajstić information content (AvgIpc) is 2.44. The third kappa shape index (κ3) is 5.19. The first-order valence-corrected chi connectivity index (χ1v) is 7.75. The highest BCUT2D eigenvalue weighted by Crippen LogP contribution is 2.35. The SMILES string of the molecule is CCOCC(C)NC(=O)N(C)C1(CC(=O)O)CCCCC1. The second-order valence-corrected chi connectivity index (χ2v) is 5.92. The number of urea groups is 1. The molecule has 1 atom stereocenters. The van der Waals surface area contributed by atoms with E-state index >= 15 is 0 Å². The topological polar surface area (TPSA) is 78.9 Å². The van der Waals surface area contributed by atoms with Gasteiger partial charge in [-0.25, -0.2) is 4.79 Å². The van der Waals surface area contributed by atoms with Crippen molar-refractivity contribution in [1.29, 1.82) is 0 Å². The van der Waals surface area contributed by atoms with E-state index in [1.54, 1.807) is 11.9 Å². The largest absolute Gasteiger partial charge is 0.481 e. The van der Waals surface area contributed by atoms with Crippen molar-refractivity contribution in [2.45, 2.75) is 64.0 Å². The van der Waals surface area contributed by atoms with E-state index in [2.05, 4.69) is 5.32 Å². The summed E-state index contributed by atoms with van der Waals surface area (Å²) in [6, 6.07) is -0.310. The molecule has 0 aromatic carbocycles. The van der Waals surface area contributed by atoms with Gasteiger partial charge in [-0.05, 0) is 26.7 Å². The maximum absolute atomic E-state index is 12.4. The first kappa shape index (κ1) is 17.8. The van der Waals surface area contributed by atoms with E-state index in [0.29, 0.717) is 13.2 Å². The molecule has 1 unspecified atom stereocenters. The van der Waals surface area contributed by atoms with E-state index in [9.17, 15) is 14.7 Å². The number of carboxylic acids is 1. The number of rotatable bonds is 7. The van der Waals surface area contributed by atoms with Crippen molar-refractivity contribution in [1.82, 2.24) is 10.2 Å².